The van der Waals surface area contributed by atoms with Gasteiger partial charge in [0.2, 0.25) is 0 Å². The summed E-state index contributed by atoms with van der Waals surface area (Å²) < 4.78 is 9.62. The van der Waals surface area contributed by atoms with Crippen LogP contribution in [0.25, 0.3) is 42.4 Å². The summed E-state index contributed by atoms with van der Waals surface area (Å²) in [5.41, 5.74) is 15.6. The number of thiophene rings is 1. The maximum absolute atomic E-state index is 7.18. The largest absolute Gasteiger partial charge is 0.457 e. The molecule has 2 aliphatic rings. The molecular weight excluding hydrogens is 809 g/mol. The van der Waals surface area contributed by atoms with E-state index in [0.29, 0.717) is 0 Å². The molecule has 0 N–H and O–H groups in total. The normalized spacial score (nSPS) is 12.9. The topological polar surface area (TPSA) is 15.7 Å². The Bertz CT molecular complexity index is 3500. The molecule has 0 atom stereocenters. The number of fused-ring (bicyclic) bond motifs is 12. The third kappa shape index (κ3) is 5.88. The molecule has 0 fully saturated rings. The summed E-state index contributed by atoms with van der Waals surface area (Å²) >= 11 is 1.83. The quantitative estimate of drug-likeness (QED) is 0.159. The minimum atomic E-state index is -0.666. The van der Waals surface area contributed by atoms with Crippen molar-refractivity contribution in [2.45, 2.75) is 5.41 Å². The summed E-state index contributed by atoms with van der Waals surface area (Å²) in [6.45, 7) is 0. The lowest BCUT2D eigenvalue weighted by Crippen LogP contribution is -2.32. The third-order valence-corrected chi connectivity index (χ3v) is 14.4. The Morgan fingerprint density at radius 2 is 0.785 bits per heavy atom. The highest BCUT2D eigenvalue weighted by Crippen LogP contribution is 2.63. The molecule has 13 rings (SSSR count). The van der Waals surface area contributed by atoms with E-state index in [1.165, 1.54) is 53.6 Å². The van der Waals surface area contributed by atoms with Gasteiger partial charge in [-0.1, -0.05) is 146 Å². The second-order valence-corrected chi connectivity index (χ2v) is 17.9. The van der Waals surface area contributed by atoms with Gasteiger partial charge in [0.1, 0.15) is 11.5 Å². The van der Waals surface area contributed by atoms with Crippen LogP contribution in [-0.2, 0) is 5.41 Å². The fourth-order valence-electron chi connectivity index (χ4n) is 10.5. The van der Waals surface area contributed by atoms with E-state index >= 15 is 0 Å². The Balaban J connectivity index is 1.05. The molecule has 65 heavy (non-hydrogen) atoms. The van der Waals surface area contributed by atoms with E-state index in [2.05, 4.69) is 252 Å². The molecule has 1 aromatic heterocycles. The smallest absolute Gasteiger partial charge is 0.133 e. The third-order valence-electron chi connectivity index (χ3n) is 13.3. The molecule has 3 nitrogen and oxygen atoms in total. The van der Waals surface area contributed by atoms with E-state index in [1.807, 2.05) is 11.3 Å². The van der Waals surface area contributed by atoms with Gasteiger partial charge in [0.05, 0.1) is 5.41 Å². The van der Waals surface area contributed by atoms with Crippen LogP contribution in [0.5, 0.6) is 11.5 Å². The van der Waals surface area contributed by atoms with Crippen molar-refractivity contribution in [2.75, 3.05) is 9.80 Å². The number of hydrogen-bond donors (Lipinski definition) is 0. The van der Waals surface area contributed by atoms with Gasteiger partial charge in [-0.15, -0.1) is 11.3 Å². The molecule has 1 aliphatic heterocycles. The zero-order valence-corrected chi connectivity index (χ0v) is 36.1. The molecule has 1 aliphatic carbocycles. The van der Waals surface area contributed by atoms with Gasteiger partial charge in [-0.25, -0.2) is 0 Å². The number of rotatable bonds is 7. The van der Waals surface area contributed by atoms with Crippen LogP contribution in [0.4, 0.5) is 34.1 Å². The van der Waals surface area contributed by atoms with Crippen molar-refractivity contribution < 1.29 is 4.74 Å². The Morgan fingerprint density at radius 1 is 0.308 bits per heavy atom. The number of para-hydroxylation sites is 3. The van der Waals surface area contributed by atoms with E-state index in [-0.39, 0.29) is 0 Å². The minimum absolute atomic E-state index is 0.666. The predicted molar refractivity (Wildman–Crippen MR) is 272 cm³/mol. The number of benzene rings is 10. The lowest BCUT2D eigenvalue weighted by Gasteiger charge is -2.40. The summed E-state index contributed by atoms with van der Waals surface area (Å²) in [5, 5.41) is 2.45. The average Bonchev–Trinajstić information content (AvgIpc) is 3.88. The number of hydrogen-bond acceptors (Lipinski definition) is 4. The van der Waals surface area contributed by atoms with Gasteiger partial charge in [0.15, 0.2) is 0 Å². The maximum atomic E-state index is 7.18. The predicted octanol–water partition coefficient (Wildman–Crippen LogP) is 17.1. The first-order chi connectivity index (χ1) is 32.2. The molecule has 0 bridgehead atoms. The highest BCUT2D eigenvalue weighted by Gasteiger charge is 2.51. The van der Waals surface area contributed by atoms with Gasteiger partial charge in [0, 0.05) is 65.4 Å². The molecular formula is C61H40N2OS. The summed E-state index contributed by atoms with van der Waals surface area (Å²) in [6.07, 6.45) is 0. The van der Waals surface area contributed by atoms with Gasteiger partial charge in [-0.05, 0) is 130 Å². The fourth-order valence-corrected chi connectivity index (χ4v) is 11.6. The SMILES string of the molecule is c1ccc(-c2cccc(N(c3ccccc3)c3ccc4c(c3)C3(c5cc6c(cc5O4)sc4ccc(N(c5ccccc5)c5ccccc5)cc46)c4ccccc4-c4ccccc43)c2)cc1. The van der Waals surface area contributed by atoms with Gasteiger partial charge in [-0.2, -0.15) is 0 Å². The van der Waals surface area contributed by atoms with Gasteiger partial charge < -0.3 is 14.5 Å². The fraction of sp³-hybridized carbons (Fsp3) is 0.0164. The zero-order valence-electron chi connectivity index (χ0n) is 35.3. The van der Waals surface area contributed by atoms with Crippen LogP contribution >= 0.6 is 11.3 Å². The van der Waals surface area contributed by atoms with Crippen molar-refractivity contribution in [2.24, 2.45) is 0 Å². The molecule has 10 aromatic carbocycles. The van der Waals surface area contributed by atoms with E-state index in [9.17, 15) is 0 Å². The minimum Gasteiger partial charge on any atom is -0.457 e. The molecule has 0 amide bonds. The van der Waals surface area contributed by atoms with Crippen LogP contribution < -0.4 is 14.5 Å². The average molecular weight is 849 g/mol. The Hall–Kier alpha value is -8.18. The summed E-state index contributed by atoms with van der Waals surface area (Å²) in [7, 11) is 0. The lowest BCUT2D eigenvalue weighted by atomic mass is 9.66. The molecule has 0 saturated heterocycles. The molecule has 0 radical (unpaired) electrons. The standard InChI is InChI=1S/C61H40N2OS/c1-5-18-41(19-6-1)42-20-17-27-46(36-42)63(45-25-11-4-12-26-45)48-32-34-57-55(38-48)61(53-30-15-13-28-49(53)50-29-14-16-31-54(50)61)56-39-52-51-37-47(33-35-59(51)65-60(52)40-58(56)64-57)62(43-21-7-2-8-22-43)44-23-9-3-10-24-44/h1-40H. The molecule has 11 aromatic rings. The van der Waals surface area contributed by atoms with Crippen LogP contribution in [0.3, 0.4) is 0 Å². The molecule has 2 heterocycles. The van der Waals surface area contributed by atoms with Gasteiger partial charge >= 0.3 is 0 Å². The van der Waals surface area contributed by atoms with Gasteiger partial charge in [-0.3, -0.25) is 0 Å². The van der Waals surface area contributed by atoms with Crippen LogP contribution in [-0.4, -0.2) is 0 Å². The van der Waals surface area contributed by atoms with Crippen LogP contribution in [0, 0.1) is 0 Å². The van der Waals surface area contributed by atoms with Gasteiger partial charge in [0.25, 0.3) is 0 Å². The van der Waals surface area contributed by atoms with E-state index in [0.717, 1.165) is 56.8 Å². The summed E-state index contributed by atoms with van der Waals surface area (Å²) in [4.78, 5) is 4.73. The van der Waals surface area contributed by atoms with Crippen molar-refractivity contribution in [3.63, 3.8) is 0 Å². The second kappa shape index (κ2) is 15.0. The molecule has 4 heteroatoms. The summed E-state index contributed by atoms with van der Waals surface area (Å²) in [6, 6.07) is 88.0. The number of nitrogens with zero attached hydrogens (tertiary/aromatic N) is 2. The van der Waals surface area contributed by atoms with E-state index in [1.54, 1.807) is 0 Å². The Kier molecular flexibility index (Phi) is 8.62. The monoisotopic (exact) mass is 848 g/mol. The highest BCUT2D eigenvalue weighted by molar-refractivity contribution is 7.25. The van der Waals surface area contributed by atoms with Crippen molar-refractivity contribution in [3.05, 3.63) is 265 Å². The van der Waals surface area contributed by atoms with Crippen LogP contribution in [0.15, 0.2) is 243 Å². The molecule has 1 spiro atoms. The molecule has 0 unspecified atom stereocenters. The zero-order chi connectivity index (χ0) is 42.9. The van der Waals surface area contributed by atoms with Crippen molar-refractivity contribution in [1.29, 1.82) is 0 Å². The van der Waals surface area contributed by atoms with Crippen molar-refractivity contribution in [1.82, 2.24) is 0 Å². The molecule has 0 saturated carbocycles. The van der Waals surface area contributed by atoms with Crippen LogP contribution in [0.2, 0.25) is 0 Å². The first kappa shape index (κ1) is 37.4. The number of ether oxygens (including phenoxy) is 1. The highest BCUT2D eigenvalue weighted by atomic mass is 32.1. The first-order valence-corrected chi connectivity index (χ1v) is 23.0. The lowest BCUT2D eigenvalue weighted by molar-refractivity contribution is 0.437. The first-order valence-electron chi connectivity index (χ1n) is 22.2. The maximum Gasteiger partial charge on any atom is 0.133 e. The van der Waals surface area contributed by atoms with Crippen LogP contribution in [0.1, 0.15) is 22.3 Å². The molecule has 306 valence electrons. The van der Waals surface area contributed by atoms with Crippen molar-refractivity contribution >= 4 is 65.6 Å². The van der Waals surface area contributed by atoms with E-state index < -0.39 is 5.41 Å². The van der Waals surface area contributed by atoms with Crippen molar-refractivity contribution in [3.8, 4) is 33.8 Å². The number of anilines is 6. The second-order valence-electron chi connectivity index (χ2n) is 16.8. The van der Waals surface area contributed by atoms with E-state index in [4.69, 9.17) is 4.74 Å². The summed E-state index contributed by atoms with van der Waals surface area (Å²) in [5.74, 6) is 1.75. The Morgan fingerprint density at radius 3 is 1.43 bits per heavy atom. The Labute approximate surface area is 382 Å².